The zero-order valence-corrected chi connectivity index (χ0v) is 11.3. The van der Waals surface area contributed by atoms with Crippen LogP contribution in [0.1, 0.15) is 19.4 Å². The predicted molar refractivity (Wildman–Crippen MR) is 68.5 cm³/mol. The second-order valence-electron chi connectivity index (χ2n) is 5.00. The molecule has 96 valence electrons. The molecule has 0 atom stereocenters. The summed E-state index contributed by atoms with van der Waals surface area (Å²) >= 11 is 0. The number of benzene rings is 1. The lowest BCUT2D eigenvalue weighted by atomic mass is 9.88. The molecule has 0 saturated carbocycles. The highest BCUT2D eigenvalue weighted by Gasteiger charge is 2.24. The molecule has 1 aromatic carbocycles. The minimum absolute atomic E-state index is 0.0305. The van der Waals surface area contributed by atoms with Crippen LogP contribution in [0.2, 0.25) is 0 Å². The van der Waals surface area contributed by atoms with Gasteiger partial charge in [0, 0.05) is 0 Å². The highest BCUT2D eigenvalue weighted by molar-refractivity contribution is 7.89. The lowest BCUT2D eigenvalue weighted by Crippen LogP contribution is -2.30. The van der Waals surface area contributed by atoms with Crippen molar-refractivity contribution in [1.82, 2.24) is 0 Å². The first-order chi connectivity index (χ1) is 7.72. The Morgan fingerprint density at radius 2 is 2.00 bits per heavy atom. The zero-order chi connectivity index (χ0) is 13.1. The van der Waals surface area contributed by atoms with Crippen molar-refractivity contribution in [3.05, 3.63) is 29.8 Å². The molecule has 17 heavy (non-hydrogen) atoms. The van der Waals surface area contributed by atoms with Gasteiger partial charge in [0.2, 0.25) is 10.0 Å². The molecule has 0 bridgehead atoms. The third-order valence-electron chi connectivity index (χ3n) is 2.41. The van der Waals surface area contributed by atoms with Crippen molar-refractivity contribution in [3.63, 3.8) is 0 Å². The minimum Gasteiger partial charge on any atom is -0.497 e. The van der Waals surface area contributed by atoms with Gasteiger partial charge in [-0.2, -0.15) is 0 Å². The van der Waals surface area contributed by atoms with Gasteiger partial charge in [0.25, 0.3) is 0 Å². The van der Waals surface area contributed by atoms with Crippen molar-refractivity contribution in [2.45, 2.75) is 20.3 Å². The van der Waals surface area contributed by atoms with Crippen LogP contribution in [0, 0.1) is 5.41 Å². The number of ether oxygens (including phenoxy) is 1. The third kappa shape index (κ3) is 5.19. The highest BCUT2D eigenvalue weighted by Crippen LogP contribution is 2.25. The Labute approximate surface area is 103 Å². The van der Waals surface area contributed by atoms with Crippen LogP contribution in [-0.2, 0) is 16.4 Å². The van der Waals surface area contributed by atoms with E-state index < -0.39 is 10.0 Å². The standard InChI is InChI=1S/C12H19NO3S/c1-12(2,9-17(13,14)15)8-10-5-4-6-11(7-10)16-3/h4-7H,8-9H2,1-3H3,(H2,13,14,15). The lowest BCUT2D eigenvalue weighted by molar-refractivity contribution is 0.401. The normalized spacial score (nSPS) is 12.5. The van der Waals surface area contributed by atoms with Crippen molar-refractivity contribution >= 4 is 10.0 Å². The van der Waals surface area contributed by atoms with Crippen molar-refractivity contribution in [1.29, 1.82) is 0 Å². The Morgan fingerprint density at radius 3 is 2.53 bits per heavy atom. The first-order valence-electron chi connectivity index (χ1n) is 5.35. The lowest BCUT2D eigenvalue weighted by Gasteiger charge is -2.23. The van der Waals surface area contributed by atoms with Crippen LogP contribution in [0.15, 0.2) is 24.3 Å². The molecule has 0 fully saturated rings. The molecule has 0 unspecified atom stereocenters. The van der Waals surface area contributed by atoms with Crippen LogP contribution in [-0.4, -0.2) is 21.3 Å². The molecule has 0 radical (unpaired) electrons. The fourth-order valence-corrected chi connectivity index (χ4v) is 3.12. The average molecular weight is 257 g/mol. The summed E-state index contributed by atoms with van der Waals surface area (Å²) in [5.41, 5.74) is 0.651. The summed E-state index contributed by atoms with van der Waals surface area (Å²) in [7, 11) is -1.84. The van der Waals surface area contributed by atoms with E-state index in [9.17, 15) is 8.42 Å². The maximum atomic E-state index is 11.1. The molecular formula is C12H19NO3S. The van der Waals surface area contributed by atoms with Gasteiger partial charge in [-0.1, -0.05) is 26.0 Å². The van der Waals surface area contributed by atoms with Gasteiger partial charge in [0.05, 0.1) is 12.9 Å². The van der Waals surface area contributed by atoms with Gasteiger partial charge < -0.3 is 4.74 Å². The third-order valence-corrected chi connectivity index (χ3v) is 3.59. The maximum absolute atomic E-state index is 11.1. The molecule has 0 saturated heterocycles. The van der Waals surface area contributed by atoms with Gasteiger partial charge in [-0.25, -0.2) is 13.6 Å². The number of hydrogen-bond acceptors (Lipinski definition) is 3. The van der Waals surface area contributed by atoms with E-state index in [1.165, 1.54) is 0 Å². The van der Waals surface area contributed by atoms with E-state index in [4.69, 9.17) is 9.88 Å². The van der Waals surface area contributed by atoms with E-state index in [-0.39, 0.29) is 11.2 Å². The molecule has 1 rings (SSSR count). The molecule has 0 heterocycles. The summed E-state index contributed by atoms with van der Waals surface area (Å²) in [5, 5.41) is 5.08. The SMILES string of the molecule is COc1cccc(CC(C)(C)CS(N)(=O)=O)c1. The van der Waals surface area contributed by atoms with Gasteiger partial charge in [0.1, 0.15) is 5.75 Å². The molecule has 0 aromatic heterocycles. The Hall–Kier alpha value is -1.07. The Morgan fingerprint density at radius 1 is 1.35 bits per heavy atom. The van der Waals surface area contributed by atoms with Gasteiger partial charge in [-0.15, -0.1) is 0 Å². The van der Waals surface area contributed by atoms with Gasteiger partial charge >= 0.3 is 0 Å². The van der Waals surface area contributed by atoms with E-state index in [1.807, 2.05) is 38.1 Å². The number of nitrogens with two attached hydrogens (primary N) is 1. The molecule has 0 spiro atoms. The zero-order valence-electron chi connectivity index (χ0n) is 10.4. The predicted octanol–water partition coefficient (Wildman–Crippen LogP) is 1.55. The van der Waals surface area contributed by atoms with E-state index >= 15 is 0 Å². The Kier molecular flexibility index (Phi) is 4.16. The monoisotopic (exact) mass is 257 g/mol. The average Bonchev–Trinajstić information content (AvgIpc) is 2.13. The smallest absolute Gasteiger partial charge is 0.209 e. The molecule has 0 amide bonds. The van der Waals surface area contributed by atoms with Crippen LogP contribution in [0.4, 0.5) is 0 Å². The molecule has 1 aromatic rings. The molecule has 2 N–H and O–H groups in total. The van der Waals surface area contributed by atoms with E-state index in [1.54, 1.807) is 7.11 Å². The van der Waals surface area contributed by atoms with Crippen molar-refractivity contribution < 1.29 is 13.2 Å². The molecule has 0 aliphatic carbocycles. The van der Waals surface area contributed by atoms with Crippen LogP contribution in [0.5, 0.6) is 5.75 Å². The Bertz CT molecular complexity index is 480. The van der Waals surface area contributed by atoms with Crippen molar-refractivity contribution in [2.75, 3.05) is 12.9 Å². The van der Waals surface area contributed by atoms with E-state index in [0.29, 0.717) is 6.42 Å². The topological polar surface area (TPSA) is 69.4 Å². The van der Waals surface area contributed by atoms with Crippen LogP contribution in [0.25, 0.3) is 0 Å². The summed E-state index contributed by atoms with van der Waals surface area (Å²) < 4.78 is 27.4. The number of rotatable bonds is 5. The van der Waals surface area contributed by atoms with Gasteiger partial charge in [-0.3, -0.25) is 0 Å². The van der Waals surface area contributed by atoms with Gasteiger partial charge in [0.15, 0.2) is 0 Å². The summed E-state index contributed by atoms with van der Waals surface area (Å²) in [4.78, 5) is 0. The van der Waals surface area contributed by atoms with Crippen molar-refractivity contribution in [2.24, 2.45) is 10.6 Å². The maximum Gasteiger partial charge on any atom is 0.209 e. The summed E-state index contributed by atoms with van der Waals surface area (Å²) in [6.45, 7) is 3.77. The molecule has 4 nitrogen and oxygen atoms in total. The first-order valence-corrected chi connectivity index (χ1v) is 7.07. The first kappa shape index (κ1) is 14.0. The fraction of sp³-hybridized carbons (Fsp3) is 0.500. The van der Waals surface area contributed by atoms with Crippen LogP contribution < -0.4 is 9.88 Å². The largest absolute Gasteiger partial charge is 0.497 e. The molecule has 0 aliphatic rings. The second kappa shape index (κ2) is 5.06. The Balaban J connectivity index is 2.82. The number of hydrogen-bond donors (Lipinski definition) is 1. The van der Waals surface area contributed by atoms with E-state index in [2.05, 4.69) is 0 Å². The second-order valence-corrected chi connectivity index (χ2v) is 6.61. The number of primary sulfonamides is 1. The van der Waals surface area contributed by atoms with Crippen LogP contribution in [0.3, 0.4) is 0 Å². The summed E-state index contributed by atoms with van der Waals surface area (Å²) in [6, 6.07) is 7.61. The highest BCUT2D eigenvalue weighted by atomic mass is 32.2. The van der Waals surface area contributed by atoms with E-state index in [0.717, 1.165) is 11.3 Å². The summed E-state index contributed by atoms with van der Waals surface area (Å²) in [6.07, 6.45) is 0.640. The number of sulfonamides is 1. The van der Waals surface area contributed by atoms with Crippen molar-refractivity contribution in [3.8, 4) is 5.75 Å². The fourth-order valence-electron chi connectivity index (χ4n) is 1.93. The van der Waals surface area contributed by atoms with Crippen LogP contribution >= 0.6 is 0 Å². The number of methoxy groups -OCH3 is 1. The molecule has 0 aliphatic heterocycles. The quantitative estimate of drug-likeness (QED) is 0.870. The summed E-state index contributed by atoms with van der Waals surface area (Å²) in [5.74, 6) is 0.742. The molecule has 5 heteroatoms. The van der Waals surface area contributed by atoms with Gasteiger partial charge in [-0.05, 0) is 29.5 Å². The molecular weight excluding hydrogens is 238 g/mol. The minimum atomic E-state index is -3.45.